The molecule has 0 aromatic carbocycles. The summed E-state index contributed by atoms with van der Waals surface area (Å²) in [5, 5.41) is 0. The number of unbranched alkanes of at least 4 members (excludes halogenated alkanes) is 33. The summed E-state index contributed by atoms with van der Waals surface area (Å²) in [5.41, 5.74) is 0. The van der Waals surface area contributed by atoms with Gasteiger partial charge in [-0.1, -0.05) is 298 Å². The SMILES string of the molecule is CC/C=C\C/C=C\C/C=C\C/C=C\C/C=C\CC(=O)OC(COC(=O)CCCCCCC/C=C\C/C=C\CCC)COC(=O)CCCCCCCCCCCCCCCCCCCCC/C=C\CCCCCCCCCC. The first-order valence-corrected chi connectivity index (χ1v) is 32.7. The van der Waals surface area contributed by atoms with Crippen LogP contribution in [0.15, 0.2) is 97.2 Å². The Labute approximate surface area is 477 Å². The van der Waals surface area contributed by atoms with Gasteiger partial charge in [0.2, 0.25) is 0 Å². The Bertz CT molecular complexity index is 1510. The molecule has 0 aliphatic heterocycles. The van der Waals surface area contributed by atoms with Crippen LogP contribution in [0.4, 0.5) is 0 Å². The summed E-state index contributed by atoms with van der Waals surface area (Å²) in [6.07, 6.45) is 87.6. The highest BCUT2D eigenvalue weighted by Gasteiger charge is 2.19. The van der Waals surface area contributed by atoms with Crippen molar-refractivity contribution in [3.8, 4) is 0 Å². The normalized spacial score (nSPS) is 12.7. The quantitative estimate of drug-likeness (QED) is 0.0261. The number of rotatable bonds is 59. The highest BCUT2D eigenvalue weighted by atomic mass is 16.6. The highest BCUT2D eigenvalue weighted by molar-refractivity contribution is 5.72. The van der Waals surface area contributed by atoms with Gasteiger partial charge in [0.25, 0.3) is 0 Å². The molecule has 0 heterocycles. The van der Waals surface area contributed by atoms with Gasteiger partial charge in [-0.2, -0.15) is 0 Å². The Kier molecular flexibility index (Phi) is 61.8. The number of ether oxygens (including phenoxy) is 3. The third-order valence-electron chi connectivity index (χ3n) is 14.1. The third kappa shape index (κ3) is 63.0. The Hall–Kier alpha value is -3.67. The Morgan fingerprint density at radius 3 is 0.922 bits per heavy atom. The van der Waals surface area contributed by atoms with Crippen LogP contribution in [-0.2, 0) is 28.6 Å². The first-order chi connectivity index (χ1) is 38.0. The van der Waals surface area contributed by atoms with E-state index in [-0.39, 0.29) is 31.6 Å². The van der Waals surface area contributed by atoms with Crippen LogP contribution in [0.25, 0.3) is 0 Å². The van der Waals surface area contributed by atoms with Crippen molar-refractivity contribution in [2.75, 3.05) is 13.2 Å². The van der Waals surface area contributed by atoms with Crippen LogP contribution in [-0.4, -0.2) is 37.2 Å². The molecule has 442 valence electrons. The maximum absolute atomic E-state index is 12.8. The maximum atomic E-state index is 12.8. The first-order valence-electron chi connectivity index (χ1n) is 32.7. The molecule has 0 aromatic rings. The summed E-state index contributed by atoms with van der Waals surface area (Å²) in [7, 11) is 0. The summed E-state index contributed by atoms with van der Waals surface area (Å²) in [6.45, 7) is 6.39. The molecule has 0 fully saturated rings. The number of esters is 3. The van der Waals surface area contributed by atoms with Crippen molar-refractivity contribution >= 4 is 17.9 Å². The molecule has 0 aliphatic carbocycles. The van der Waals surface area contributed by atoms with Crippen molar-refractivity contribution < 1.29 is 28.6 Å². The molecule has 0 aliphatic rings. The second-order valence-corrected chi connectivity index (χ2v) is 21.7. The van der Waals surface area contributed by atoms with E-state index < -0.39 is 12.1 Å². The molecule has 6 heteroatoms. The van der Waals surface area contributed by atoms with Gasteiger partial charge in [0, 0.05) is 12.8 Å². The lowest BCUT2D eigenvalue weighted by molar-refractivity contribution is -0.166. The minimum atomic E-state index is -0.838. The van der Waals surface area contributed by atoms with Crippen molar-refractivity contribution in [3.05, 3.63) is 97.2 Å². The van der Waals surface area contributed by atoms with E-state index in [2.05, 4.69) is 106 Å². The molecule has 0 radical (unpaired) electrons. The summed E-state index contributed by atoms with van der Waals surface area (Å²) < 4.78 is 16.8. The van der Waals surface area contributed by atoms with Gasteiger partial charge in [0.1, 0.15) is 13.2 Å². The zero-order chi connectivity index (χ0) is 55.7. The van der Waals surface area contributed by atoms with Crippen LogP contribution in [0.3, 0.4) is 0 Å². The van der Waals surface area contributed by atoms with Gasteiger partial charge in [0.15, 0.2) is 6.10 Å². The van der Waals surface area contributed by atoms with E-state index in [0.717, 1.165) is 103 Å². The molecular weight excluding hydrogens is 949 g/mol. The summed E-state index contributed by atoms with van der Waals surface area (Å²) in [5.74, 6) is -1.06. The van der Waals surface area contributed by atoms with Crippen molar-refractivity contribution in [1.82, 2.24) is 0 Å². The van der Waals surface area contributed by atoms with Gasteiger partial charge in [0.05, 0.1) is 6.42 Å². The monoisotopic (exact) mass is 1070 g/mol. The van der Waals surface area contributed by atoms with Crippen LogP contribution in [0.2, 0.25) is 0 Å². The van der Waals surface area contributed by atoms with Crippen LogP contribution in [0.1, 0.15) is 316 Å². The van der Waals surface area contributed by atoms with E-state index in [4.69, 9.17) is 14.2 Å². The van der Waals surface area contributed by atoms with E-state index in [1.54, 1.807) is 6.08 Å². The fourth-order valence-electron chi connectivity index (χ4n) is 9.20. The number of hydrogen-bond donors (Lipinski definition) is 0. The summed E-state index contributed by atoms with van der Waals surface area (Å²) >= 11 is 0. The number of carbonyl (C=O) groups is 3. The Morgan fingerprint density at radius 2 is 0.571 bits per heavy atom. The van der Waals surface area contributed by atoms with E-state index in [1.165, 1.54) is 173 Å². The second kappa shape index (κ2) is 64.9. The highest BCUT2D eigenvalue weighted by Crippen LogP contribution is 2.17. The minimum absolute atomic E-state index is 0.0935. The van der Waals surface area contributed by atoms with E-state index in [0.29, 0.717) is 12.8 Å². The smallest absolute Gasteiger partial charge is 0.310 e. The van der Waals surface area contributed by atoms with Crippen molar-refractivity contribution in [3.63, 3.8) is 0 Å². The molecule has 77 heavy (non-hydrogen) atoms. The molecule has 6 nitrogen and oxygen atoms in total. The number of allylic oxidation sites excluding steroid dienone is 15. The average molecular weight is 1070 g/mol. The molecule has 0 N–H and O–H groups in total. The fourth-order valence-corrected chi connectivity index (χ4v) is 9.20. The fraction of sp³-hybridized carbons (Fsp3) is 0.732. The van der Waals surface area contributed by atoms with E-state index in [9.17, 15) is 14.4 Å². The van der Waals surface area contributed by atoms with Gasteiger partial charge >= 0.3 is 17.9 Å². The average Bonchev–Trinajstić information content (AvgIpc) is 3.43. The zero-order valence-electron chi connectivity index (χ0n) is 50.7. The number of hydrogen-bond acceptors (Lipinski definition) is 6. The molecule has 0 aromatic heterocycles. The second-order valence-electron chi connectivity index (χ2n) is 21.7. The molecule has 0 rings (SSSR count). The number of carbonyl (C=O) groups excluding carboxylic acids is 3. The molecule has 0 amide bonds. The standard InChI is InChI=1S/C71H122O6/c1-4-7-10-13-16-19-22-25-27-28-29-30-31-32-33-34-35-36-37-38-39-40-41-42-44-46-49-52-55-58-61-64-70(73)76-67-68(66-75-69(72)63-60-57-54-51-48-45-24-21-18-15-12-9-6-3)77-71(74)65-62-59-56-53-50-47-43-26-23-20-17-14-11-8-5-2/h8,11-12,15,17,20-21,24,26,28-29,43,50,53,59,62,68H,4-7,9-10,13-14,16,18-19,22-23,25,27,30-42,44-49,51-52,54-58,60-61,63-67H2,1-3H3/b11-8-,15-12-,20-17-,24-21-,29-28-,43-26-,53-50-,62-59-. The molecule has 0 saturated heterocycles. The van der Waals surface area contributed by atoms with Crippen molar-refractivity contribution in [2.45, 2.75) is 322 Å². The molecule has 0 bridgehead atoms. The molecule has 0 spiro atoms. The molecule has 0 saturated carbocycles. The van der Waals surface area contributed by atoms with Crippen LogP contribution < -0.4 is 0 Å². The van der Waals surface area contributed by atoms with Crippen LogP contribution in [0.5, 0.6) is 0 Å². The van der Waals surface area contributed by atoms with Gasteiger partial charge in [-0.3, -0.25) is 14.4 Å². The Balaban J connectivity index is 4.21. The molecule has 1 unspecified atom stereocenters. The van der Waals surface area contributed by atoms with E-state index in [1.807, 2.05) is 6.08 Å². The van der Waals surface area contributed by atoms with Gasteiger partial charge in [-0.05, 0) is 96.3 Å². The lowest BCUT2D eigenvalue weighted by Gasteiger charge is -2.18. The first kappa shape index (κ1) is 73.3. The van der Waals surface area contributed by atoms with Crippen molar-refractivity contribution in [1.29, 1.82) is 0 Å². The largest absolute Gasteiger partial charge is 0.462 e. The topological polar surface area (TPSA) is 78.9 Å². The predicted molar refractivity (Wildman–Crippen MR) is 334 cm³/mol. The third-order valence-corrected chi connectivity index (χ3v) is 14.1. The van der Waals surface area contributed by atoms with Crippen molar-refractivity contribution in [2.24, 2.45) is 0 Å². The maximum Gasteiger partial charge on any atom is 0.310 e. The van der Waals surface area contributed by atoms with Gasteiger partial charge in [-0.15, -0.1) is 0 Å². The summed E-state index contributed by atoms with van der Waals surface area (Å²) in [4.78, 5) is 38.2. The minimum Gasteiger partial charge on any atom is -0.462 e. The van der Waals surface area contributed by atoms with Crippen LogP contribution >= 0.6 is 0 Å². The van der Waals surface area contributed by atoms with Crippen LogP contribution in [0, 0.1) is 0 Å². The lowest BCUT2D eigenvalue weighted by atomic mass is 10.0. The predicted octanol–water partition coefficient (Wildman–Crippen LogP) is 22.4. The van der Waals surface area contributed by atoms with Gasteiger partial charge in [-0.25, -0.2) is 0 Å². The summed E-state index contributed by atoms with van der Waals surface area (Å²) in [6, 6.07) is 0. The molecule has 1 atom stereocenters. The molecular formula is C71H122O6. The Morgan fingerprint density at radius 1 is 0.286 bits per heavy atom. The lowest BCUT2D eigenvalue weighted by Crippen LogP contribution is -2.30. The van der Waals surface area contributed by atoms with E-state index >= 15 is 0 Å². The van der Waals surface area contributed by atoms with Gasteiger partial charge < -0.3 is 14.2 Å². The zero-order valence-corrected chi connectivity index (χ0v) is 50.7.